The molecule has 4 heterocycles. The zero-order valence-electron chi connectivity index (χ0n) is 19.1. The molecule has 0 aliphatic carbocycles. The molecule has 2 aromatic heterocycles. The van der Waals surface area contributed by atoms with Crippen molar-refractivity contribution in [1.29, 1.82) is 0 Å². The zero-order chi connectivity index (χ0) is 25.8. The number of nitrogen functional groups attached to an aromatic ring is 1. The third-order valence-electron chi connectivity index (χ3n) is 5.49. The highest BCUT2D eigenvalue weighted by Gasteiger charge is 2.53. The largest absolute Gasteiger partial charge is 0.543 e. The Morgan fingerprint density at radius 2 is 2.28 bits per heavy atom. The minimum absolute atomic E-state index is 0.0485. The monoisotopic (exact) mass is 533 g/mol. The van der Waals surface area contributed by atoms with E-state index in [0.717, 1.165) is 22.0 Å². The topological polar surface area (TPSA) is 187 Å². The molecule has 1 saturated heterocycles. The van der Waals surface area contributed by atoms with E-state index in [9.17, 15) is 19.5 Å². The molecule has 0 spiro atoms. The van der Waals surface area contributed by atoms with Gasteiger partial charge in [-0.05, 0) is 18.9 Å². The molecule has 2 aliphatic heterocycles. The number of carbonyl (C=O) groups is 3. The SMILES string of the molecule is CON=C(C(=O)NC1C(=O)N2C(C(=O)[O-])=C(C[n+]3cccc(CCCO)c3)CS[C@@H]12)c1nsc(N)n1. The Bertz CT molecular complexity index is 1250. The number of β-lactam (4-membered cyclic amide) rings is 1. The molecule has 0 saturated carbocycles. The highest BCUT2D eigenvalue weighted by molar-refractivity contribution is 8.00. The molecule has 2 amide bonds. The number of carboxylic acid groups (broad SMARTS) is 1. The first-order valence-electron chi connectivity index (χ1n) is 10.8. The van der Waals surface area contributed by atoms with Gasteiger partial charge in [0.15, 0.2) is 24.1 Å². The lowest BCUT2D eigenvalue weighted by Gasteiger charge is -2.50. The number of hydrogen-bond donors (Lipinski definition) is 3. The number of hydrogen-bond acceptors (Lipinski definition) is 12. The lowest BCUT2D eigenvalue weighted by Crippen LogP contribution is -2.71. The smallest absolute Gasteiger partial charge is 0.278 e. The lowest BCUT2D eigenvalue weighted by atomic mass is 10.0. The van der Waals surface area contributed by atoms with Crippen molar-refractivity contribution in [3.05, 3.63) is 47.2 Å². The normalized spacial score (nSPS) is 19.6. The van der Waals surface area contributed by atoms with Gasteiger partial charge in [0.2, 0.25) is 11.5 Å². The van der Waals surface area contributed by atoms with Crippen LogP contribution in [0.5, 0.6) is 0 Å². The summed E-state index contributed by atoms with van der Waals surface area (Å²) < 4.78 is 5.77. The molecule has 2 atom stereocenters. The van der Waals surface area contributed by atoms with E-state index < -0.39 is 29.2 Å². The average molecular weight is 534 g/mol. The number of carboxylic acids is 1. The van der Waals surface area contributed by atoms with Gasteiger partial charge >= 0.3 is 0 Å². The van der Waals surface area contributed by atoms with Crippen LogP contribution in [0.3, 0.4) is 0 Å². The van der Waals surface area contributed by atoms with E-state index in [-0.39, 0.29) is 35.5 Å². The molecular weight excluding hydrogens is 510 g/mol. The third kappa shape index (κ3) is 5.17. The van der Waals surface area contributed by atoms with Crippen molar-refractivity contribution in [3.8, 4) is 0 Å². The van der Waals surface area contributed by atoms with Crippen molar-refractivity contribution in [2.24, 2.45) is 5.16 Å². The number of thioether (sulfide) groups is 1. The Morgan fingerprint density at radius 1 is 1.47 bits per heavy atom. The van der Waals surface area contributed by atoms with Gasteiger partial charge < -0.3 is 30.9 Å². The van der Waals surface area contributed by atoms with Crippen molar-refractivity contribution < 1.29 is 34.0 Å². The number of aliphatic hydroxyl groups is 1. The predicted molar refractivity (Wildman–Crippen MR) is 127 cm³/mol. The maximum atomic E-state index is 13.0. The van der Waals surface area contributed by atoms with E-state index in [0.29, 0.717) is 24.2 Å². The molecule has 190 valence electrons. The summed E-state index contributed by atoms with van der Waals surface area (Å²) in [4.78, 5) is 47.6. The summed E-state index contributed by atoms with van der Waals surface area (Å²) in [6.07, 6.45) is 4.98. The number of aromatic nitrogens is 3. The molecule has 1 fully saturated rings. The number of aliphatic hydroxyl groups excluding tert-OH is 1. The molecule has 13 nitrogen and oxygen atoms in total. The highest BCUT2D eigenvalue weighted by Crippen LogP contribution is 2.40. The maximum absolute atomic E-state index is 13.0. The van der Waals surface area contributed by atoms with E-state index in [1.54, 1.807) is 6.20 Å². The van der Waals surface area contributed by atoms with Crippen LogP contribution in [0.2, 0.25) is 0 Å². The van der Waals surface area contributed by atoms with Gasteiger partial charge in [-0.3, -0.25) is 14.5 Å². The van der Waals surface area contributed by atoms with Gasteiger partial charge in [-0.1, -0.05) is 5.16 Å². The van der Waals surface area contributed by atoms with Crippen LogP contribution in [0.4, 0.5) is 5.13 Å². The molecule has 0 aromatic carbocycles. The number of nitrogens with two attached hydrogens (primary N) is 1. The van der Waals surface area contributed by atoms with Crippen LogP contribution in [0.1, 0.15) is 17.8 Å². The van der Waals surface area contributed by atoms with E-state index >= 15 is 0 Å². The zero-order valence-corrected chi connectivity index (χ0v) is 20.8. The van der Waals surface area contributed by atoms with E-state index in [1.807, 2.05) is 22.9 Å². The summed E-state index contributed by atoms with van der Waals surface area (Å²) in [7, 11) is 1.25. The summed E-state index contributed by atoms with van der Waals surface area (Å²) >= 11 is 2.20. The van der Waals surface area contributed by atoms with Crippen molar-refractivity contribution in [1.82, 2.24) is 19.6 Å². The van der Waals surface area contributed by atoms with Crippen molar-refractivity contribution >= 4 is 51.9 Å². The first-order chi connectivity index (χ1) is 17.3. The van der Waals surface area contributed by atoms with Crippen LogP contribution < -0.4 is 20.7 Å². The fourth-order valence-corrected chi connectivity index (χ4v) is 5.71. The number of aliphatic carboxylic acids is 1. The molecular formula is C21H23N7O6S2. The number of amides is 2. The molecule has 36 heavy (non-hydrogen) atoms. The van der Waals surface area contributed by atoms with E-state index in [1.165, 1.54) is 18.9 Å². The summed E-state index contributed by atoms with van der Waals surface area (Å²) in [6, 6.07) is 2.79. The second kappa shape index (κ2) is 11.0. The summed E-state index contributed by atoms with van der Waals surface area (Å²) in [5.41, 5.74) is 6.64. The fraction of sp³-hybridized carbons (Fsp3) is 0.381. The number of aryl methyl sites for hydroxylation is 1. The number of anilines is 1. The summed E-state index contributed by atoms with van der Waals surface area (Å²) in [5.74, 6) is -2.53. The summed E-state index contributed by atoms with van der Waals surface area (Å²) in [5, 5.41) is 26.8. The van der Waals surface area contributed by atoms with E-state index in [4.69, 9.17) is 15.7 Å². The van der Waals surface area contributed by atoms with Crippen LogP contribution in [-0.4, -0.2) is 73.7 Å². The Hall–Kier alpha value is -3.56. The Labute approximate surface area is 213 Å². The van der Waals surface area contributed by atoms with Crippen LogP contribution in [-0.2, 0) is 32.2 Å². The number of carbonyl (C=O) groups excluding carboxylic acids is 3. The standard InChI is InChI=1S/C21H23N7O6S2/c1-34-25-13(16-24-21(22)36-26-16)17(30)23-14-18(31)28-15(20(32)33)12(10-35-19(14)28)9-27-6-2-4-11(8-27)5-3-7-29/h2,4,6,8,14,19,29H,3,5,7,9-10H2,1H3,(H3-,22,23,24,26,30,32,33)/t14?,19-/m0/s1. The minimum Gasteiger partial charge on any atom is -0.543 e. The number of nitrogens with zero attached hydrogens (tertiary/aromatic N) is 5. The van der Waals surface area contributed by atoms with Crippen molar-refractivity contribution in [2.75, 3.05) is 25.2 Å². The van der Waals surface area contributed by atoms with Gasteiger partial charge in [-0.2, -0.15) is 9.36 Å². The number of oxime groups is 1. The molecule has 15 heteroatoms. The third-order valence-corrected chi connectivity index (χ3v) is 7.38. The first kappa shape index (κ1) is 25.5. The Kier molecular flexibility index (Phi) is 7.81. The first-order valence-corrected chi connectivity index (χ1v) is 12.6. The average Bonchev–Trinajstić information content (AvgIpc) is 3.29. The molecule has 1 unspecified atom stereocenters. The van der Waals surface area contributed by atoms with Crippen molar-refractivity contribution in [3.63, 3.8) is 0 Å². The Balaban J connectivity index is 1.51. The number of fused-ring (bicyclic) bond motifs is 1. The second-order valence-corrected chi connectivity index (χ2v) is 9.78. The number of rotatable bonds is 10. The second-order valence-electron chi connectivity index (χ2n) is 7.89. The van der Waals surface area contributed by atoms with Gasteiger partial charge in [-0.15, -0.1) is 11.8 Å². The number of pyridine rings is 1. The molecule has 4 rings (SSSR count). The van der Waals surface area contributed by atoms with Gasteiger partial charge in [0, 0.05) is 41.1 Å². The minimum atomic E-state index is -1.46. The summed E-state index contributed by atoms with van der Waals surface area (Å²) in [6.45, 7) is 0.327. The van der Waals surface area contributed by atoms with Crippen LogP contribution >= 0.6 is 23.3 Å². The quantitative estimate of drug-likeness (QED) is 0.131. The molecule has 2 aliphatic rings. The van der Waals surface area contributed by atoms with Crippen molar-refractivity contribution in [2.45, 2.75) is 30.8 Å². The van der Waals surface area contributed by atoms with Gasteiger partial charge in [0.05, 0.1) is 11.7 Å². The van der Waals surface area contributed by atoms with Crippen LogP contribution in [0, 0.1) is 0 Å². The molecule has 0 radical (unpaired) electrons. The molecule has 4 N–H and O–H groups in total. The predicted octanol–water partition coefficient (Wildman–Crippen LogP) is -2.21. The molecule has 0 bridgehead atoms. The maximum Gasteiger partial charge on any atom is 0.278 e. The van der Waals surface area contributed by atoms with E-state index in [2.05, 4.69) is 19.8 Å². The highest BCUT2D eigenvalue weighted by atomic mass is 32.2. The lowest BCUT2D eigenvalue weighted by molar-refractivity contribution is -0.689. The fourth-order valence-electron chi connectivity index (χ4n) is 3.94. The van der Waals surface area contributed by atoms with Crippen LogP contribution in [0.25, 0.3) is 0 Å². The Morgan fingerprint density at radius 3 is 2.94 bits per heavy atom. The number of nitrogens with one attached hydrogen (secondary N) is 1. The molecule has 2 aromatic rings. The van der Waals surface area contributed by atoms with Gasteiger partial charge in [-0.25, -0.2) is 4.57 Å². The van der Waals surface area contributed by atoms with Gasteiger partial charge in [0.25, 0.3) is 11.8 Å². The van der Waals surface area contributed by atoms with Crippen LogP contribution in [0.15, 0.2) is 41.0 Å². The van der Waals surface area contributed by atoms with Gasteiger partial charge in [0.1, 0.15) is 18.5 Å².